The molecule has 1 aliphatic rings. The second-order valence-corrected chi connectivity index (χ2v) is 8.41. The van der Waals surface area contributed by atoms with E-state index in [1.165, 1.54) is 89.5 Å². The van der Waals surface area contributed by atoms with Crippen LogP contribution in [-0.4, -0.2) is 41.3 Å². The molecule has 2 unspecified atom stereocenters. The Bertz CT molecular complexity index is 400. The molecule has 0 aromatic carbocycles. The molecule has 0 bridgehead atoms. The Morgan fingerprint density at radius 1 is 0.964 bits per heavy atom. The highest BCUT2D eigenvalue weighted by Crippen LogP contribution is 2.15. The van der Waals surface area contributed by atoms with Gasteiger partial charge in [0.2, 0.25) is 0 Å². The molecule has 2 N–H and O–H groups in total. The Kier molecular flexibility index (Phi) is 15.5. The van der Waals surface area contributed by atoms with Crippen LogP contribution in [-0.2, 0) is 4.79 Å². The number of unbranched alkanes of at least 4 members (excludes halogenated alkanes) is 14. The molecule has 164 valence electrons. The van der Waals surface area contributed by atoms with Gasteiger partial charge >= 0.3 is 0 Å². The number of carbonyl (C=O) groups excluding carboxylic acids is 1. The number of Topliss-reactive ketones (excluding diaryl/α,β-unsaturated/α-hetero) is 1. The number of carbonyl (C=O) groups is 1. The lowest BCUT2D eigenvalue weighted by molar-refractivity contribution is -0.127. The number of nitrogens with zero attached hydrogens (tertiary/aromatic N) is 1. The minimum atomic E-state index is -0.731. The van der Waals surface area contributed by atoms with Crippen molar-refractivity contribution < 1.29 is 9.90 Å². The van der Waals surface area contributed by atoms with Crippen LogP contribution < -0.4 is 5.32 Å². The van der Waals surface area contributed by atoms with Crippen molar-refractivity contribution in [3.05, 3.63) is 12.7 Å². The maximum absolute atomic E-state index is 12.4. The van der Waals surface area contributed by atoms with Gasteiger partial charge in [0.25, 0.3) is 0 Å². The summed E-state index contributed by atoms with van der Waals surface area (Å²) in [6.45, 7) is 7.34. The van der Waals surface area contributed by atoms with E-state index in [1.54, 1.807) is 4.90 Å². The average molecular weight is 395 g/mol. The van der Waals surface area contributed by atoms with E-state index in [0.29, 0.717) is 13.0 Å². The largest absolute Gasteiger partial charge is 0.375 e. The Balaban J connectivity index is 1.87. The molecular formula is C24H46N2O2. The number of hydrogen-bond acceptors (Lipinski definition) is 4. The number of ketones is 1. The summed E-state index contributed by atoms with van der Waals surface area (Å²) in [5.41, 5.74) is 0. The van der Waals surface area contributed by atoms with E-state index in [1.807, 2.05) is 0 Å². The van der Waals surface area contributed by atoms with E-state index in [4.69, 9.17) is 0 Å². The number of hydrogen-bond donors (Lipinski definition) is 2. The molecule has 1 saturated heterocycles. The van der Waals surface area contributed by atoms with E-state index in [2.05, 4.69) is 18.8 Å². The minimum absolute atomic E-state index is 0.202. The van der Waals surface area contributed by atoms with Crippen molar-refractivity contribution >= 4 is 5.78 Å². The summed E-state index contributed by atoms with van der Waals surface area (Å²) in [6.07, 6.45) is 21.1. The van der Waals surface area contributed by atoms with Crippen LogP contribution in [0.25, 0.3) is 0 Å². The van der Waals surface area contributed by atoms with Gasteiger partial charge in [-0.2, -0.15) is 0 Å². The molecule has 0 radical (unpaired) electrons. The molecule has 1 aliphatic heterocycles. The number of nitrogens with one attached hydrogen (secondary N) is 1. The zero-order valence-electron chi connectivity index (χ0n) is 18.5. The quantitative estimate of drug-likeness (QED) is 0.223. The molecule has 28 heavy (non-hydrogen) atoms. The van der Waals surface area contributed by atoms with Crippen LogP contribution >= 0.6 is 0 Å². The Morgan fingerprint density at radius 2 is 1.43 bits per heavy atom. The highest BCUT2D eigenvalue weighted by Gasteiger charge is 2.32. The van der Waals surface area contributed by atoms with Crippen LogP contribution in [0.4, 0.5) is 0 Å². The lowest BCUT2D eigenvalue weighted by Gasteiger charge is -2.25. The zero-order valence-corrected chi connectivity index (χ0v) is 18.5. The van der Waals surface area contributed by atoms with E-state index < -0.39 is 6.23 Å². The predicted molar refractivity (Wildman–Crippen MR) is 119 cm³/mol. The van der Waals surface area contributed by atoms with Crippen molar-refractivity contribution in [2.75, 3.05) is 13.1 Å². The van der Waals surface area contributed by atoms with Crippen molar-refractivity contribution in [3.8, 4) is 0 Å². The van der Waals surface area contributed by atoms with Crippen LogP contribution in [0.15, 0.2) is 12.7 Å². The van der Waals surface area contributed by atoms with Crippen molar-refractivity contribution in [2.45, 2.75) is 122 Å². The molecule has 0 aliphatic carbocycles. The smallest absolute Gasteiger partial charge is 0.164 e. The number of aliphatic hydroxyl groups is 1. The summed E-state index contributed by atoms with van der Waals surface area (Å²) in [6, 6.07) is 0. The van der Waals surface area contributed by atoms with Gasteiger partial charge in [-0.05, 0) is 12.5 Å². The fraction of sp³-hybridized carbons (Fsp3) is 0.875. The van der Waals surface area contributed by atoms with Gasteiger partial charge < -0.3 is 5.11 Å². The molecule has 0 saturated carbocycles. The summed E-state index contributed by atoms with van der Waals surface area (Å²) in [5.74, 6) is 0.202. The Hall–Kier alpha value is -0.710. The van der Waals surface area contributed by atoms with E-state index in [9.17, 15) is 9.90 Å². The molecule has 1 rings (SSSR count). The Morgan fingerprint density at radius 3 is 1.89 bits per heavy atom. The van der Waals surface area contributed by atoms with Crippen molar-refractivity contribution in [3.63, 3.8) is 0 Å². The number of aliphatic hydroxyl groups excluding tert-OH is 1. The average Bonchev–Trinajstić information content (AvgIpc) is 3.20. The normalized spacial score (nSPS) is 18.4. The lowest BCUT2D eigenvalue weighted by Crippen LogP contribution is -2.47. The molecule has 2 atom stereocenters. The standard InChI is InChI=1S/C24H46N2O2/c1-3-5-6-7-8-9-10-11-12-13-14-15-16-17-18-19-22(27)24-25-20-21-26(24)23(28)4-2/h4,23-25,28H,2-3,5-21H2,1H3. The van der Waals surface area contributed by atoms with Crippen LogP contribution in [0, 0.1) is 0 Å². The minimum Gasteiger partial charge on any atom is -0.375 e. The maximum atomic E-state index is 12.4. The molecular weight excluding hydrogens is 348 g/mol. The first kappa shape index (κ1) is 25.3. The van der Waals surface area contributed by atoms with Crippen LogP contribution in [0.1, 0.15) is 110 Å². The van der Waals surface area contributed by atoms with Crippen molar-refractivity contribution in [2.24, 2.45) is 0 Å². The zero-order chi connectivity index (χ0) is 20.5. The van der Waals surface area contributed by atoms with E-state index in [0.717, 1.165) is 19.4 Å². The summed E-state index contributed by atoms with van der Waals surface area (Å²) in [5, 5.41) is 13.1. The third-order valence-corrected chi connectivity index (χ3v) is 5.92. The van der Waals surface area contributed by atoms with Crippen LogP contribution in [0.5, 0.6) is 0 Å². The van der Waals surface area contributed by atoms with Gasteiger partial charge in [0.15, 0.2) is 5.78 Å². The summed E-state index contributed by atoms with van der Waals surface area (Å²) in [4.78, 5) is 14.2. The van der Waals surface area contributed by atoms with Crippen LogP contribution in [0.3, 0.4) is 0 Å². The van der Waals surface area contributed by atoms with Crippen molar-refractivity contribution in [1.29, 1.82) is 0 Å². The predicted octanol–water partition coefficient (Wildman–Crippen LogP) is 5.55. The molecule has 0 spiro atoms. The molecule has 1 fully saturated rings. The molecule has 1 heterocycles. The maximum Gasteiger partial charge on any atom is 0.164 e. The van der Waals surface area contributed by atoms with Gasteiger partial charge in [-0.15, -0.1) is 0 Å². The van der Waals surface area contributed by atoms with Gasteiger partial charge in [0.1, 0.15) is 12.4 Å². The van der Waals surface area contributed by atoms with Crippen LogP contribution in [0.2, 0.25) is 0 Å². The summed E-state index contributed by atoms with van der Waals surface area (Å²) >= 11 is 0. The molecule has 0 aromatic rings. The molecule has 0 amide bonds. The third kappa shape index (κ3) is 11.3. The number of rotatable bonds is 19. The second-order valence-electron chi connectivity index (χ2n) is 8.41. The van der Waals surface area contributed by atoms with E-state index >= 15 is 0 Å². The first-order valence-electron chi connectivity index (χ1n) is 12.0. The first-order chi connectivity index (χ1) is 13.7. The molecule has 0 aromatic heterocycles. The SMILES string of the molecule is C=CC(O)N1CCNC1C(=O)CCCCCCCCCCCCCCCCC. The highest BCUT2D eigenvalue weighted by atomic mass is 16.3. The topological polar surface area (TPSA) is 52.6 Å². The summed E-state index contributed by atoms with van der Waals surface area (Å²) in [7, 11) is 0. The summed E-state index contributed by atoms with van der Waals surface area (Å²) < 4.78 is 0. The van der Waals surface area contributed by atoms with Crippen molar-refractivity contribution in [1.82, 2.24) is 10.2 Å². The lowest BCUT2D eigenvalue weighted by atomic mass is 10.0. The van der Waals surface area contributed by atoms with Gasteiger partial charge in [-0.25, -0.2) is 0 Å². The first-order valence-corrected chi connectivity index (χ1v) is 12.0. The monoisotopic (exact) mass is 394 g/mol. The van der Waals surface area contributed by atoms with E-state index in [-0.39, 0.29) is 11.9 Å². The van der Waals surface area contributed by atoms with Gasteiger partial charge in [-0.1, -0.05) is 103 Å². The molecule has 4 heteroatoms. The molecule has 4 nitrogen and oxygen atoms in total. The fourth-order valence-electron chi connectivity index (χ4n) is 4.10. The van der Waals surface area contributed by atoms with Gasteiger partial charge in [0.05, 0.1) is 0 Å². The van der Waals surface area contributed by atoms with Gasteiger partial charge in [0, 0.05) is 19.5 Å². The Labute approximate surface area is 174 Å². The highest BCUT2D eigenvalue weighted by molar-refractivity contribution is 5.83. The van der Waals surface area contributed by atoms with Gasteiger partial charge in [-0.3, -0.25) is 15.0 Å². The second kappa shape index (κ2) is 17.2. The fourth-order valence-corrected chi connectivity index (χ4v) is 4.10. The third-order valence-electron chi connectivity index (χ3n) is 5.92.